The van der Waals surface area contributed by atoms with Crippen LogP contribution in [0.4, 0.5) is 0 Å². The summed E-state index contributed by atoms with van der Waals surface area (Å²) in [5, 5.41) is 14.4. The van der Waals surface area contributed by atoms with Crippen molar-refractivity contribution in [2.24, 2.45) is 5.92 Å². The molecule has 0 radical (unpaired) electrons. The first kappa shape index (κ1) is 32.9. The second-order valence-corrected chi connectivity index (χ2v) is 11.9. The molecule has 1 fully saturated rings. The van der Waals surface area contributed by atoms with Crippen LogP contribution in [0.15, 0.2) is 30.3 Å². The number of nitrogens with one attached hydrogen (secondary N) is 3. The summed E-state index contributed by atoms with van der Waals surface area (Å²) < 4.78 is 1.85. The molecule has 2 aliphatic heterocycles. The molecule has 12 heteroatoms. The van der Waals surface area contributed by atoms with Crippen LogP contribution in [0.1, 0.15) is 64.2 Å². The first-order valence-electron chi connectivity index (χ1n) is 14.5. The van der Waals surface area contributed by atoms with Crippen LogP contribution >= 0.6 is 24.2 Å². The van der Waals surface area contributed by atoms with Gasteiger partial charge >= 0.3 is 0 Å². The van der Waals surface area contributed by atoms with Gasteiger partial charge in [-0.1, -0.05) is 50.6 Å². The van der Waals surface area contributed by atoms with Crippen molar-refractivity contribution in [2.75, 3.05) is 31.6 Å². The molecular weight excluding hydrogens is 562 g/mol. The molecule has 3 amide bonds. The van der Waals surface area contributed by atoms with Crippen molar-refractivity contribution in [1.82, 2.24) is 35.6 Å². The van der Waals surface area contributed by atoms with Crippen LogP contribution in [0, 0.1) is 5.92 Å². The van der Waals surface area contributed by atoms with Gasteiger partial charge in [-0.2, -0.15) is 16.9 Å². The van der Waals surface area contributed by atoms with Crippen molar-refractivity contribution in [2.45, 2.75) is 77.0 Å². The standard InChI is InChI=1S/C29H43N7O3S.ClH/c1-20(2)25-27-33-26(21-10-5-4-6-11-21)34-36(27)18-17-35(29(39)23-12-7-8-15-30-23)16-9-13-24(37)31-22(14-19-40-3)28(38)32-25;/h4-6,10-11,20,22-23,25,30H,7-9,12-19H2,1-3H3,(H,31,37)(H,32,38);1H/t22-,23-,25?;/m0./s1. The molecule has 1 unspecified atom stereocenters. The van der Waals surface area contributed by atoms with Gasteiger partial charge in [0.05, 0.1) is 18.6 Å². The fraction of sp³-hybridized carbons (Fsp3) is 0.621. The summed E-state index contributed by atoms with van der Waals surface area (Å²) in [6.45, 7) is 6.26. The minimum atomic E-state index is -0.640. The van der Waals surface area contributed by atoms with Gasteiger partial charge in [-0.15, -0.1) is 12.4 Å². The minimum Gasteiger partial charge on any atom is -0.344 e. The summed E-state index contributed by atoms with van der Waals surface area (Å²) in [5.41, 5.74) is 0.888. The molecule has 4 rings (SSSR count). The number of amides is 3. The van der Waals surface area contributed by atoms with Crippen molar-refractivity contribution >= 4 is 41.9 Å². The van der Waals surface area contributed by atoms with E-state index in [2.05, 4.69) is 16.0 Å². The van der Waals surface area contributed by atoms with Crippen molar-refractivity contribution in [3.8, 4) is 11.4 Å². The Labute approximate surface area is 253 Å². The van der Waals surface area contributed by atoms with E-state index in [-0.39, 0.29) is 48.5 Å². The van der Waals surface area contributed by atoms with E-state index in [9.17, 15) is 14.4 Å². The van der Waals surface area contributed by atoms with Crippen LogP contribution in [0.2, 0.25) is 0 Å². The Hall–Kier alpha value is -2.63. The quantitative estimate of drug-likeness (QED) is 0.462. The molecule has 0 saturated carbocycles. The number of rotatable bonds is 6. The lowest BCUT2D eigenvalue weighted by molar-refractivity contribution is -0.134. The average Bonchev–Trinajstić information content (AvgIpc) is 3.39. The highest BCUT2D eigenvalue weighted by atomic mass is 35.5. The van der Waals surface area contributed by atoms with E-state index in [4.69, 9.17) is 10.1 Å². The molecular formula is C29H44ClN7O3S. The van der Waals surface area contributed by atoms with Crippen LogP contribution < -0.4 is 16.0 Å². The van der Waals surface area contributed by atoms with Crippen molar-refractivity contribution < 1.29 is 14.4 Å². The number of hydrogen-bond acceptors (Lipinski definition) is 7. The highest BCUT2D eigenvalue weighted by molar-refractivity contribution is 7.98. The Morgan fingerprint density at radius 3 is 2.54 bits per heavy atom. The SMILES string of the molecule is CSCC[C@@H]1NC(=O)CCCN(C(=O)[C@@H]2CCCCN2)CCn2nc(-c3ccccc3)nc2C(C(C)C)NC1=O.Cl. The molecule has 0 spiro atoms. The molecule has 1 aromatic carbocycles. The molecule has 226 valence electrons. The van der Waals surface area contributed by atoms with E-state index in [1.807, 2.05) is 60.0 Å². The third-order valence-electron chi connectivity index (χ3n) is 7.57. The first-order valence-corrected chi connectivity index (χ1v) is 15.9. The molecule has 0 bridgehead atoms. The number of aromatic nitrogens is 3. The summed E-state index contributed by atoms with van der Waals surface area (Å²) in [7, 11) is 0. The maximum atomic E-state index is 13.6. The molecule has 2 aliphatic rings. The predicted molar refractivity (Wildman–Crippen MR) is 165 cm³/mol. The lowest BCUT2D eigenvalue weighted by Crippen LogP contribution is -2.51. The van der Waals surface area contributed by atoms with Crippen LogP contribution in [0.3, 0.4) is 0 Å². The maximum Gasteiger partial charge on any atom is 0.243 e. The van der Waals surface area contributed by atoms with Crippen molar-refractivity contribution in [1.29, 1.82) is 0 Å². The third-order valence-corrected chi connectivity index (χ3v) is 8.21. The monoisotopic (exact) mass is 605 g/mol. The first-order chi connectivity index (χ1) is 19.4. The van der Waals surface area contributed by atoms with Crippen LogP contribution in [0.5, 0.6) is 0 Å². The smallest absolute Gasteiger partial charge is 0.243 e. The van der Waals surface area contributed by atoms with Crippen LogP contribution in [0.25, 0.3) is 11.4 Å². The molecule has 3 N–H and O–H groups in total. The van der Waals surface area contributed by atoms with Gasteiger partial charge in [0.25, 0.3) is 0 Å². The Bertz CT molecular complexity index is 1140. The highest BCUT2D eigenvalue weighted by Crippen LogP contribution is 2.25. The van der Waals surface area contributed by atoms with Gasteiger partial charge < -0.3 is 20.9 Å². The largest absolute Gasteiger partial charge is 0.344 e. The average molecular weight is 606 g/mol. The molecule has 10 nitrogen and oxygen atoms in total. The number of piperidine rings is 1. The van der Waals surface area contributed by atoms with Gasteiger partial charge in [0.15, 0.2) is 11.6 Å². The number of thioether (sulfide) groups is 1. The Kier molecular flexibility index (Phi) is 12.9. The molecule has 41 heavy (non-hydrogen) atoms. The molecule has 1 saturated heterocycles. The van der Waals surface area contributed by atoms with E-state index in [1.165, 1.54) is 0 Å². The predicted octanol–water partition coefficient (Wildman–Crippen LogP) is 3.18. The molecule has 3 heterocycles. The lowest BCUT2D eigenvalue weighted by Gasteiger charge is -2.31. The zero-order valence-electron chi connectivity index (χ0n) is 24.3. The summed E-state index contributed by atoms with van der Waals surface area (Å²) >= 11 is 1.64. The number of halogens is 1. The van der Waals surface area contributed by atoms with Crippen LogP contribution in [-0.4, -0.2) is 81.1 Å². The van der Waals surface area contributed by atoms with E-state index >= 15 is 0 Å². The van der Waals surface area contributed by atoms with Gasteiger partial charge in [-0.05, 0) is 50.2 Å². The molecule has 0 aliphatic carbocycles. The van der Waals surface area contributed by atoms with E-state index in [0.29, 0.717) is 44.1 Å². The molecule has 1 aromatic heterocycles. The summed E-state index contributed by atoms with van der Waals surface area (Å²) in [6.07, 6.45) is 6.22. The minimum absolute atomic E-state index is 0. The topological polar surface area (TPSA) is 121 Å². The van der Waals surface area contributed by atoms with E-state index in [1.54, 1.807) is 11.8 Å². The Morgan fingerprint density at radius 2 is 1.85 bits per heavy atom. The zero-order chi connectivity index (χ0) is 28.5. The van der Waals surface area contributed by atoms with Crippen LogP contribution in [-0.2, 0) is 20.9 Å². The molecule has 2 aromatic rings. The van der Waals surface area contributed by atoms with Gasteiger partial charge in [0.2, 0.25) is 17.7 Å². The molecule has 3 atom stereocenters. The number of hydrogen-bond donors (Lipinski definition) is 3. The number of benzene rings is 1. The highest BCUT2D eigenvalue weighted by Gasteiger charge is 2.31. The van der Waals surface area contributed by atoms with Gasteiger partial charge in [0, 0.05) is 25.1 Å². The fourth-order valence-corrected chi connectivity index (χ4v) is 5.75. The number of carbonyl (C=O) groups is 3. The Morgan fingerprint density at radius 1 is 1.07 bits per heavy atom. The maximum absolute atomic E-state index is 13.6. The Balaban J connectivity index is 0.00000462. The van der Waals surface area contributed by atoms with Gasteiger partial charge in [-0.25, -0.2) is 9.67 Å². The fourth-order valence-electron chi connectivity index (χ4n) is 5.27. The van der Waals surface area contributed by atoms with Crippen molar-refractivity contribution in [3.63, 3.8) is 0 Å². The van der Waals surface area contributed by atoms with E-state index in [0.717, 1.165) is 37.1 Å². The zero-order valence-corrected chi connectivity index (χ0v) is 25.9. The third kappa shape index (κ3) is 8.93. The summed E-state index contributed by atoms with van der Waals surface area (Å²) in [5.74, 6) is 1.69. The second-order valence-electron chi connectivity index (χ2n) is 10.9. The lowest BCUT2D eigenvalue weighted by atomic mass is 10.0. The van der Waals surface area contributed by atoms with Gasteiger partial charge in [0.1, 0.15) is 6.04 Å². The number of fused-ring (bicyclic) bond motifs is 1. The number of carbonyl (C=O) groups excluding carboxylic acids is 3. The van der Waals surface area contributed by atoms with Crippen molar-refractivity contribution in [3.05, 3.63) is 36.2 Å². The normalized spacial score (nSPS) is 22.6. The second kappa shape index (κ2) is 16.1. The number of nitrogens with zero attached hydrogens (tertiary/aromatic N) is 4. The van der Waals surface area contributed by atoms with Gasteiger partial charge in [-0.3, -0.25) is 14.4 Å². The van der Waals surface area contributed by atoms with E-state index < -0.39 is 12.1 Å². The summed E-state index contributed by atoms with van der Waals surface area (Å²) in [4.78, 5) is 46.7. The summed E-state index contributed by atoms with van der Waals surface area (Å²) in [6, 6.07) is 8.52.